The topological polar surface area (TPSA) is 87.1 Å². The number of aliphatic hydroxyl groups is 1. The molecule has 1 aromatic heterocycles. The largest absolute Gasteiger partial charge is 0.388 e. The predicted octanol–water partition coefficient (Wildman–Crippen LogP) is 2.53. The van der Waals surface area contributed by atoms with Crippen LogP contribution in [-0.2, 0) is 24.2 Å². The predicted molar refractivity (Wildman–Crippen MR) is 108 cm³/mol. The van der Waals surface area contributed by atoms with E-state index < -0.39 is 0 Å². The Balaban J connectivity index is 1.29. The number of amides is 1. The zero-order valence-electron chi connectivity index (χ0n) is 16.4. The van der Waals surface area contributed by atoms with Gasteiger partial charge in [0.05, 0.1) is 5.54 Å². The van der Waals surface area contributed by atoms with Crippen LogP contribution >= 0.6 is 0 Å². The molecule has 0 aliphatic heterocycles. The molecule has 1 atom stereocenters. The Morgan fingerprint density at radius 1 is 1.25 bits per heavy atom. The van der Waals surface area contributed by atoms with Crippen LogP contribution in [0.1, 0.15) is 48.3 Å². The van der Waals surface area contributed by atoms with Gasteiger partial charge in [-0.25, -0.2) is 9.97 Å². The molecule has 1 saturated carbocycles. The van der Waals surface area contributed by atoms with E-state index >= 15 is 0 Å². The van der Waals surface area contributed by atoms with Gasteiger partial charge in [-0.2, -0.15) is 0 Å². The van der Waals surface area contributed by atoms with Crippen molar-refractivity contribution in [1.29, 1.82) is 0 Å². The molecule has 2 aliphatic rings. The highest BCUT2D eigenvalue weighted by Gasteiger charge is 2.44. The summed E-state index contributed by atoms with van der Waals surface area (Å²) in [6.45, 7) is 2.35. The molecule has 6 nitrogen and oxygen atoms in total. The summed E-state index contributed by atoms with van der Waals surface area (Å²) in [7, 11) is 0. The summed E-state index contributed by atoms with van der Waals surface area (Å²) >= 11 is 0. The van der Waals surface area contributed by atoms with Crippen LogP contribution in [0.5, 0.6) is 0 Å². The number of aromatic nitrogens is 2. The van der Waals surface area contributed by atoms with Gasteiger partial charge in [-0.1, -0.05) is 24.3 Å². The summed E-state index contributed by atoms with van der Waals surface area (Å²) in [5.74, 6) is 1.68. The van der Waals surface area contributed by atoms with Gasteiger partial charge in [0, 0.05) is 24.7 Å². The standard InChI is InChI=1S/C22H28N4O2/c1-15-10-19(25-20(13-27)24-15)23-14-22(8-9-22)26-21(28)12-16-6-7-17-4-2-3-5-18(17)11-16/h2-5,10,16,27H,6-9,11-14H2,1H3,(H,26,28)(H,23,24,25). The van der Waals surface area contributed by atoms with Crippen molar-refractivity contribution in [2.24, 2.45) is 5.92 Å². The summed E-state index contributed by atoms with van der Waals surface area (Å²) in [5, 5.41) is 15.8. The van der Waals surface area contributed by atoms with E-state index in [1.807, 2.05) is 13.0 Å². The van der Waals surface area contributed by atoms with Crippen LogP contribution in [0.25, 0.3) is 0 Å². The Morgan fingerprint density at radius 3 is 2.79 bits per heavy atom. The van der Waals surface area contributed by atoms with Crippen molar-refractivity contribution in [3.8, 4) is 0 Å². The van der Waals surface area contributed by atoms with Gasteiger partial charge in [0.2, 0.25) is 5.91 Å². The van der Waals surface area contributed by atoms with Gasteiger partial charge in [0.15, 0.2) is 5.82 Å². The molecule has 1 aromatic carbocycles. The van der Waals surface area contributed by atoms with Gasteiger partial charge in [0.25, 0.3) is 0 Å². The van der Waals surface area contributed by atoms with Crippen molar-refractivity contribution in [1.82, 2.24) is 15.3 Å². The fourth-order valence-corrected chi connectivity index (χ4v) is 4.10. The van der Waals surface area contributed by atoms with Gasteiger partial charge in [-0.15, -0.1) is 0 Å². The van der Waals surface area contributed by atoms with Crippen LogP contribution in [0.15, 0.2) is 30.3 Å². The molecule has 0 spiro atoms. The lowest BCUT2D eigenvalue weighted by Gasteiger charge is -2.25. The molecule has 28 heavy (non-hydrogen) atoms. The van der Waals surface area contributed by atoms with E-state index in [0.29, 0.717) is 30.5 Å². The van der Waals surface area contributed by atoms with E-state index in [4.69, 9.17) is 0 Å². The molecular formula is C22H28N4O2. The minimum Gasteiger partial charge on any atom is -0.388 e. The first-order chi connectivity index (χ1) is 13.5. The first-order valence-corrected chi connectivity index (χ1v) is 10.1. The van der Waals surface area contributed by atoms with Crippen LogP contribution in [0.2, 0.25) is 0 Å². The van der Waals surface area contributed by atoms with Crippen molar-refractivity contribution < 1.29 is 9.90 Å². The molecule has 1 amide bonds. The maximum absolute atomic E-state index is 12.6. The Bertz CT molecular complexity index is 863. The highest BCUT2D eigenvalue weighted by Crippen LogP contribution is 2.36. The highest BCUT2D eigenvalue weighted by atomic mass is 16.3. The zero-order valence-corrected chi connectivity index (χ0v) is 16.4. The molecule has 3 N–H and O–H groups in total. The Morgan fingerprint density at radius 2 is 2.04 bits per heavy atom. The van der Waals surface area contributed by atoms with Crippen LogP contribution in [0.4, 0.5) is 5.82 Å². The van der Waals surface area contributed by atoms with E-state index in [0.717, 1.165) is 37.8 Å². The Kier molecular flexibility index (Phi) is 5.31. The summed E-state index contributed by atoms with van der Waals surface area (Å²) in [4.78, 5) is 21.1. The number of hydrogen-bond acceptors (Lipinski definition) is 5. The monoisotopic (exact) mass is 380 g/mol. The average molecular weight is 380 g/mol. The lowest BCUT2D eigenvalue weighted by molar-refractivity contribution is -0.123. The number of nitrogens with one attached hydrogen (secondary N) is 2. The molecule has 0 bridgehead atoms. The number of anilines is 1. The first-order valence-electron chi connectivity index (χ1n) is 10.1. The summed E-state index contributed by atoms with van der Waals surface area (Å²) in [5.41, 5.74) is 3.48. The normalized spacial score (nSPS) is 19.6. The van der Waals surface area contributed by atoms with Crippen molar-refractivity contribution in [2.45, 2.75) is 57.6 Å². The minimum atomic E-state index is -0.178. The number of aryl methyl sites for hydroxylation is 2. The van der Waals surface area contributed by atoms with Crippen LogP contribution in [0.3, 0.4) is 0 Å². The van der Waals surface area contributed by atoms with Crippen molar-refractivity contribution >= 4 is 11.7 Å². The van der Waals surface area contributed by atoms with Crippen molar-refractivity contribution in [2.75, 3.05) is 11.9 Å². The smallest absolute Gasteiger partial charge is 0.220 e. The van der Waals surface area contributed by atoms with Gasteiger partial charge in [-0.05, 0) is 56.1 Å². The number of hydrogen-bond donors (Lipinski definition) is 3. The van der Waals surface area contributed by atoms with Gasteiger partial charge in [-0.3, -0.25) is 4.79 Å². The summed E-state index contributed by atoms with van der Waals surface area (Å²) in [6.07, 6.45) is 5.71. The highest BCUT2D eigenvalue weighted by molar-refractivity contribution is 5.77. The number of rotatable bonds is 7. The minimum absolute atomic E-state index is 0.151. The first kappa shape index (κ1) is 18.9. The zero-order chi connectivity index (χ0) is 19.6. The van der Waals surface area contributed by atoms with E-state index in [-0.39, 0.29) is 18.1 Å². The number of carbonyl (C=O) groups excluding carboxylic acids is 1. The average Bonchev–Trinajstić information content (AvgIpc) is 3.45. The van der Waals surface area contributed by atoms with Gasteiger partial charge in [0.1, 0.15) is 12.4 Å². The fraction of sp³-hybridized carbons (Fsp3) is 0.500. The summed E-state index contributed by atoms with van der Waals surface area (Å²) < 4.78 is 0. The molecule has 148 valence electrons. The summed E-state index contributed by atoms with van der Waals surface area (Å²) in [6, 6.07) is 10.4. The number of fused-ring (bicyclic) bond motifs is 1. The van der Waals surface area contributed by atoms with Crippen LogP contribution in [0, 0.1) is 12.8 Å². The molecule has 6 heteroatoms. The number of benzene rings is 1. The van der Waals surface area contributed by atoms with E-state index in [1.54, 1.807) is 0 Å². The van der Waals surface area contributed by atoms with E-state index in [2.05, 4.69) is 44.9 Å². The third-order valence-corrected chi connectivity index (χ3v) is 5.83. The van der Waals surface area contributed by atoms with Crippen molar-refractivity contribution in [3.63, 3.8) is 0 Å². The molecule has 0 saturated heterocycles. The molecule has 1 heterocycles. The molecule has 4 rings (SSSR count). The van der Waals surface area contributed by atoms with Gasteiger partial charge < -0.3 is 15.7 Å². The third-order valence-electron chi connectivity index (χ3n) is 5.83. The van der Waals surface area contributed by atoms with Crippen molar-refractivity contribution in [3.05, 3.63) is 53.0 Å². The van der Waals surface area contributed by atoms with Crippen LogP contribution < -0.4 is 10.6 Å². The number of aliphatic hydroxyl groups excluding tert-OH is 1. The van der Waals surface area contributed by atoms with Crippen LogP contribution in [-0.4, -0.2) is 33.1 Å². The van der Waals surface area contributed by atoms with Gasteiger partial charge >= 0.3 is 0 Å². The number of nitrogens with zero attached hydrogens (tertiary/aromatic N) is 2. The maximum Gasteiger partial charge on any atom is 0.220 e. The lowest BCUT2D eigenvalue weighted by Crippen LogP contribution is -2.43. The fourth-order valence-electron chi connectivity index (χ4n) is 4.10. The Labute approximate surface area is 165 Å². The molecule has 1 fully saturated rings. The molecular weight excluding hydrogens is 352 g/mol. The quantitative estimate of drug-likeness (QED) is 0.687. The third kappa shape index (κ3) is 4.50. The molecule has 0 radical (unpaired) electrons. The SMILES string of the molecule is Cc1cc(NCC2(NC(=O)CC3CCc4ccccc4C3)CC2)nc(CO)n1. The number of carbonyl (C=O) groups is 1. The second kappa shape index (κ2) is 7.87. The second-order valence-corrected chi connectivity index (χ2v) is 8.23. The lowest BCUT2D eigenvalue weighted by atomic mass is 9.82. The van der Waals surface area contributed by atoms with E-state index in [1.165, 1.54) is 11.1 Å². The molecule has 2 aromatic rings. The van der Waals surface area contributed by atoms with E-state index in [9.17, 15) is 9.90 Å². The Hall–Kier alpha value is -2.47. The second-order valence-electron chi connectivity index (χ2n) is 8.23. The molecule has 1 unspecified atom stereocenters. The molecule has 2 aliphatic carbocycles. The maximum atomic E-state index is 12.6.